The number of carbonyl (C=O) groups excluding carboxylic acids is 1. The van der Waals surface area contributed by atoms with E-state index in [2.05, 4.69) is 5.32 Å². The highest BCUT2D eigenvalue weighted by molar-refractivity contribution is 6.10. The summed E-state index contributed by atoms with van der Waals surface area (Å²) in [5.41, 5.74) is 6.22. The fraction of sp³-hybridized carbons (Fsp3) is 0.294. The predicted molar refractivity (Wildman–Crippen MR) is 95.8 cm³/mol. The van der Waals surface area contributed by atoms with Crippen molar-refractivity contribution in [3.8, 4) is 0 Å². The minimum atomic E-state index is -0.683. The van der Waals surface area contributed by atoms with E-state index in [0.717, 1.165) is 20.3 Å². The molecule has 0 saturated heterocycles. The zero-order chi connectivity index (χ0) is 18.7. The van der Waals surface area contributed by atoms with Crippen molar-refractivity contribution in [3.63, 3.8) is 0 Å². The first-order valence-corrected chi connectivity index (χ1v) is 7.68. The SMILES string of the molecule is Cc1ccc(CNC(=O)CC(=N)c2c(N)n(C)c(=O)n(C)c2=O)cc1. The number of carbonyl (C=O) groups is 1. The smallest absolute Gasteiger partial charge is 0.332 e. The van der Waals surface area contributed by atoms with Gasteiger partial charge in [-0.1, -0.05) is 29.8 Å². The number of benzene rings is 1. The van der Waals surface area contributed by atoms with E-state index in [0.29, 0.717) is 6.54 Å². The lowest BCUT2D eigenvalue weighted by Crippen LogP contribution is -2.42. The maximum atomic E-state index is 12.2. The molecule has 1 heterocycles. The van der Waals surface area contributed by atoms with Crippen LogP contribution in [0, 0.1) is 12.3 Å². The van der Waals surface area contributed by atoms with Crippen LogP contribution in [-0.4, -0.2) is 20.8 Å². The van der Waals surface area contributed by atoms with E-state index < -0.39 is 17.2 Å². The summed E-state index contributed by atoms with van der Waals surface area (Å²) in [4.78, 5) is 36.0. The summed E-state index contributed by atoms with van der Waals surface area (Å²) in [5, 5.41) is 10.7. The number of hydrogen-bond acceptors (Lipinski definition) is 5. The molecule has 0 aliphatic heterocycles. The summed E-state index contributed by atoms with van der Waals surface area (Å²) < 4.78 is 1.94. The van der Waals surface area contributed by atoms with Crippen molar-refractivity contribution in [1.29, 1.82) is 5.41 Å². The van der Waals surface area contributed by atoms with E-state index in [9.17, 15) is 14.4 Å². The van der Waals surface area contributed by atoms with Gasteiger partial charge >= 0.3 is 5.69 Å². The molecule has 8 heteroatoms. The predicted octanol–water partition coefficient (Wildman–Crippen LogP) is 0.0490. The van der Waals surface area contributed by atoms with Gasteiger partial charge in [-0.3, -0.25) is 18.7 Å². The molecule has 0 atom stereocenters. The van der Waals surface area contributed by atoms with Gasteiger partial charge in [0.05, 0.1) is 12.1 Å². The molecule has 0 bridgehead atoms. The van der Waals surface area contributed by atoms with Gasteiger partial charge in [0.2, 0.25) is 5.91 Å². The van der Waals surface area contributed by atoms with Crippen molar-refractivity contribution in [1.82, 2.24) is 14.5 Å². The maximum Gasteiger partial charge on any atom is 0.332 e. The van der Waals surface area contributed by atoms with Crippen molar-refractivity contribution in [2.75, 3.05) is 5.73 Å². The summed E-state index contributed by atoms with van der Waals surface area (Å²) in [6.07, 6.45) is -0.302. The van der Waals surface area contributed by atoms with Gasteiger partial charge in [0.25, 0.3) is 5.56 Å². The average Bonchev–Trinajstić information content (AvgIpc) is 2.58. The van der Waals surface area contributed by atoms with Crippen LogP contribution in [0.15, 0.2) is 33.9 Å². The molecule has 132 valence electrons. The van der Waals surface area contributed by atoms with Crippen LogP contribution in [0.3, 0.4) is 0 Å². The molecule has 8 nitrogen and oxygen atoms in total. The lowest BCUT2D eigenvalue weighted by molar-refractivity contribution is -0.120. The Morgan fingerprint density at radius 2 is 1.76 bits per heavy atom. The van der Waals surface area contributed by atoms with E-state index in [1.165, 1.54) is 14.1 Å². The van der Waals surface area contributed by atoms with Gasteiger partial charge in [-0.05, 0) is 12.5 Å². The molecule has 0 fully saturated rings. The zero-order valence-electron chi connectivity index (χ0n) is 14.4. The normalized spacial score (nSPS) is 10.5. The van der Waals surface area contributed by atoms with Crippen LogP contribution in [0.2, 0.25) is 0 Å². The lowest BCUT2D eigenvalue weighted by atomic mass is 10.1. The number of nitrogens with zero attached hydrogens (tertiary/aromatic N) is 2. The summed E-state index contributed by atoms with van der Waals surface area (Å²) >= 11 is 0. The van der Waals surface area contributed by atoms with Crippen LogP contribution < -0.4 is 22.3 Å². The van der Waals surface area contributed by atoms with Gasteiger partial charge in [-0.25, -0.2) is 4.79 Å². The number of anilines is 1. The molecule has 0 unspecified atom stereocenters. The third kappa shape index (κ3) is 3.85. The molecule has 25 heavy (non-hydrogen) atoms. The van der Waals surface area contributed by atoms with Crippen LogP contribution in [0.25, 0.3) is 0 Å². The Morgan fingerprint density at radius 1 is 1.16 bits per heavy atom. The number of nitrogens with one attached hydrogen (secondary N) is 2. The number of nitrogen functional groups attached to an aromatic ring is 1. The van der Waals surface area contributed by atoms with Crippen molar-refractivity contribution >= 4 is 17.4 Å². The van der Waals surface area contributed by atoms with Crippen LogP contribution in [-0.2, 0) is 25.4 Å². The molecule has 4 N–H and O–H groups in total. The van der Waals surface area contributed by atoms with Gasteiger partial charge in [0.15, 0.2) is 0 Å². The molecule has 0 saturated carbocycles. The van der Waals surface area contributed by atoms with E-state index >= 15 is 0 Å². The number of aryl methyl sites for hydroxylation is 1. The Labute approximate surface area is 144 Å². The molecule has 1 amide bonds. The molecule has 2 aromatic rings. The van der Waals surface area contributed by atoms with Crippen LogP contribution in [0.4, 0.5) is 5.82 Å². The molecular formula is C17H21N5O3. The van der Waals surface area contributed by atoms with Gasteiger partial charge < -0.3 is 16.5 Å². The van der Waals surface area contributed by atoms with Gasteiger partial charge in [0.1, 0.15) is 11.4 Å². The molecule has 0 radical (unpaired) electrons. The van der Waals surface area contributed by atoms with E-state index in [4.69, 9.17) is 11.1 Å². The highest BCUT2D eigenvalue weighted by atomic mass is 16.2. The number of nitrogens with two attached hydrogens (primary N) is 1. The van der Waals surface area contributed by atoms with Crippen LogP contribution in [0.5, 0.6) is 0 Å². The number of rotatable bonds is 5. The van der Waals surface area contributed by atoms with Gasteiger partial charge in [-0.2, -0.15) is 0 Å². The first kappa shape index (κ1) is 18.2. The second-order valence-electron chi connectivity index (χ2n) is 5.88. The van der Waals surface area contributed by atoms with Crippen molar-refractivity contribution < 1.29 is 4.79 Å². The quantitative estimate of drug-likeness (QED) is 0.664. The summed E-state index contributed by atoms with van der Waals surface area (Å²) in [7, 11) is 2.71. The minimum absolute atomic E-state index is 0.121. The average molecular weight is 343 g/mol. The van der Waals surface area contributed by atoms with Crippen molar-refractivity contribution in [2.24, 2.45) is 14.1 Å². The fourth-order valence-electron chi connectivity index (χ4n) is 2.36. The minimum Gasteiger partial charge on any atom is -0.384 e. The van der Waals surface area contributed by atoms with Crippen LogP contribution >= 0.6 is 0 Å². The molecule has 0 spiro atoms. The van der Waals surface area contributed by atoms with E-state index in [-0.39, 0.29) is 23.5 Å². The first-order valence-electron chi connectivity index (χ1n) is 7.68. The Balaban J connectivity index is 2.12. The number of amides is 1. The maximum absolute atomic E-state index is 12.2. The lowest BCUT2D eigenvalue weighted by Gasteiger charge is -2.12. The third-order valence-corrected chi connectivity index (χ3v) is 3.96. The van der Waals surface area contributed by atoms with Crippen molar-refractivity contribution in [3.05, 3.63) is 61.8 Å². The van der Waals surface area contributed by atoms with Gasteiger partial charge in [0, 0.05) is 20.6 Å². The summed E-state index contributed by atoms with van der Waals surface area (Å²) in [5.74, 6) is -0.523. The monoisotopic (exact) mass is 343 g/mol. The second-order valence-corrected chi connectivity index (χ2v) is 5.88. The third-order valence-electron chi connectivity index (χ3n) is 3.96. The summed E-state index contributed by atoms with van der Waals surface area (Å²) in [6.45, 7) is 2.30. The molecular weight excluding hydrogens is 322 g/mol. The van der Waals surface area contributed by atoms with Gasteiger partial charge in [-0.15, -0.1) is 0 Å². The van der Waals surface area contributed by atoms with E-state index in [1.807, 2.05) is 31.2 Å². The zero-order valence-corrected chi connectivity index (χ0v) is 14.4. The van der Waals surface area contributed by atoms with Crippen molar-refractivity contribution in [2.45, 2.75) is 19.9 Å². The van der Waals surface area contributed by atoms with E-state index in [1.54, 1.807) is 0 Å². The summed E-state index contributed by atoms with van der Waals surface area (Å²) in [6, 6.07) is 7.69. The molecule has 2 rings (SSSR count). The fourth-order valence-corrected chi connectivity index (χ4v) is 2.36. The Bertz CT molecular complexity index is 938. The standard InChI is InChI=1S/C17H21N5O3/c1-10-4-6-11(7-5-10)9-20-13(23)8-12(18)14-15(19)21(2)17(25)22(3)16(14)24/h4-7,18H,8-9,19H2,1-3H3,(H,20,23). The molecule has 1 aromatic carbocycles. The molecule has 0 aliphatic rings. The van der Waals surface area contributed by atoms with Crippen LogP contribution in [0.1, 0.15) is 23.1 Å². The Morgan fingerprint density at radius 3 is 2.36 bits per heavy atom. The topological polar surface area (TPSA) is 123 Å². The Hall–Kier alpha value is -3.16. The first-order chi connectivity index (χ1) is 11.7. The number of hydrogen-bond donors (Lipinski definition) is 3. The molecule has 0 aliphatic carbocycles. The second kappa shape index (κ2) is 7.16. The number of aromatic nitrogens is 2. The Kier molecular flexibility index (Phi) is 5.21. The molecule has 1 aromatic heterocycles. The highest BCUT2D eigenvalue weighted by Crippen LogP contribution is 2.07. The highest BCUT2D eigenvalue weighted by Gasteiger charge is 2.19. The largest absolute Gasteiger partial charge is 0.384 e.